The van der Waals surface area contributed by atoms with Crippen molar-refractivity contribution in [3.8, 4) is 0 Å². The number of hydrogen-bond acceptors (Lipinski definition) is 5. The molecule has 0 aromatic heterocycles. The van der Waals surface area contributed by atoms with Gasteiger partial charge in [-0.25, -0.2) is 14.5 Å². The number of nitrogens with zero attached hydrogens (tertiary/aromatic N) is 1. The maximum absolute atomic E-state index is 12.2. The summed E-state index contributed by atoms with van der Waals surface area (Å²) in [5.74, 6) is 0. The second-order valence-corrected chi connectivity index (χ2v) is 7.18. The fourth-order valence-electron chi connectivity index (χ4n) is 1.67. The Kier molecular flexibility index (Phi) is 4.39. The lowest BCUT2D eigenvalue weighted by molar-refractivity contribution is -0.0168. The normalized spacial score (nSPS) is 17.4. The third-order valence-corrected chi connectivity index (χ3v) is 2.75. The quantitative estimate of drug-likeness (QED) is 0.845. The molecule has 116 valence electrons. The van der Waals surface area contributed by atoms with Crippen LogP contribution in [0.1, 0.15) is 54.4 Å². The number of ether oxygens (including phenoxy) is 2. The summed E-state index contributed by atoms with van der Waals surface area (Å²) in [6, 6.07) is 0. The molecule has 0 aliphatic heterocycles. The molecule has 0 spiro atoms. The van der Waals surface area contributed by atoms with E-state index in [-0.39, 0.29) is 6.61 Å². The molecule has 0 unspecified atom stereocenters. The monoisotopic (exact) mass is 287 g/mol. The molecular weight excluding hydrogens is 262 g/mol. The molecule has 1 aliphatic carbocycles. The minimum absolute atomic E-state index is 0.286. The second kappa shape index (κ2) is 5.24. The SMILES string of the molecule is CC(C)(C)OC(=O)N(C(=O)OC(C)(C)C)C1(CO)CC1. The minimum Gasteiger partial charge on any atom is -0.443 e. The van der Waals surface area contributed by atoms with Crippen LogP contribution in [-0.4, -0.2) is 45.5 Å². The van der Waals surface area contributed by atoms with Crippen LogP contribution in [0.3, 0.4) is 0 Å². The van der Waals surface area contributed by atoms with Crippen molar-refractivity contribution in [1.82, 2.24) is 4.90 Å². The zero-order valence-corrected chi connectivity index (χ0v) is 13.1. The Bertz CT molecular complexity index is 359. The van der Waals surface area contributed by atoms with Crippen molar-refractivity contribution in [2.45, 2.75) is 71.1 Å². The average Bonchev–Trinajstić information content (AvgIpc) is 2.92. The van der Waals surface area contributed by atoms with E-state index in [9.17, 15) is 14.7 Å². The maximum atomic E-state index is 12.2. The summed E-state index contributed by atoms with van der Waals surface area (Å²) in [5.41, 5.74) is -2.31. The number of carbonyl (C=O) groups excluding carboxylic acids is 2. The first kappa shape index (κ1) is 16.8. The Hall–Kier alpha value is -1.30. The van der Waals surface area contributed by atoms with E-state index in [0.29, 0.717) is 12.8 Å². The summed E-state index contributed by atoms with van der Waals surface area (Å²) in [6.45, 7) is 10.0. The van der Waals surface area contributed by atoms with Crippen LogP contribution in [-0.2, 0) is 9.47 Å². The summed E-state index contributed by atoms with van der Waals surface area (Å²) in [5, 5.41) is 9.46. The summed E-state index contributed by atoms with van der Waals surface area (Å²) < 4.78 is 10.5. The second-order valence-electron chi connectivity index (χ2n) is 7.18. The summed E-state index contributed by atoms with van der Waals surface area (Å²) >= 11 is 0. The number of amides is 2. The first-order chi connectivity index (χ1) is 8.90. The van der Waals surface area contributed by atoms with Crippen LogP contribution in [0, 0.1) is 0 Å². The van der Waals surface area contributed by atoms with Gasteiger partial charge in [0.25, 0.3) is 0 Å². The Labute approximate surface area is 120 Å². The van der Waals surface area contributed by atoms with Crippen LogP contribution in [0.5, 0.6) is 0 Å². The maximum Gasteiger partial charge on any atom is 0.420 e. The molecule has 1 N–H and O–H groups in total. The Morgan fingerprint density at radius 2 is 1.35 bits per heavy atom. The molecule has 0 radical (unpaired) electrons. The largest absolute Gasteiger partial charge is 0.443 e. The van der Waals surface area contributed by atoms with Crippen molar-refractivity contribution >= 4 is 12.2 Å². The Morgan fingerprint density at radius 3 is 1.55 bits per heavy atom. The topological polar surface area (TPSA) is 76.1 Å². The van der Waals surface area contributed by atoms with E-state index in [1.54, 1.807) is 41.5 Å². The van der Waals surface area contributed by atoms with Crippen molar-refractivity contribution in [3.63, 3.8) is 0 Å². The molecule has 6 nitrogen and oxygen atoms in total. The van der Waals surface area contributed by atoms with Crippen LogP contribution in [0.25, 0.3) is 0 Å². The average molecular weight is 287 g/mol. The Morgan fingerprint density at radius 1 is 1.00 bits per heavy atom. The van der Waals surface area contributed by atoms with Gasteiger partial charge in [-0.2, -0.15) is 0 Å². The Balaban J connectivity index is 2.93. The van der Waals surface area contributed by atoms with E-state index in [2.05, 4.69) is 0 Å². The van der Waals surface area contributed by atoms with Gasteiger partial charge in [0.05, 0.1) is 12.1 Å². The standard InChI is InChI=1S/C14H25NO5/c1-12(2,3)19-10(17)15(14(9-16)7-8-14)11(18)20-13(4,5)6/h16H,7-9H2,1-6H3. The zero-order valence-electron chi connectivity index (χ0n) is 13.1. The van der Waals surface area contributed by atoms with Gasteiger partial charge in [-0.1, -0.05) is 0 Å². The summed E-state index contributed by atoms with van der Waals surface area (Å²) in [6.07, 6.45) is -0.444. The molecule has 1 aliphatic rings. The molecule has 0 aromatic carbocycles. The highest BCUT2D eigenvalue weighted by molar-refractivity contribution is 5.90. The molecule has 1 fully saturated rings. The van der Waals surface area contributed by atoms with Crippen LogP contribution >= 0.6 is 0 Å². The van der Waals surface area contributed by atoms with Gasteiger partial charge >= 0.3 is 12.2 Å². The number of carbonyl (C=O) groups is 2. The van der Waals surface area contributed by atoms with E-state index >= 15 is 0 Å². The number of aliphatic hydroxyl groups excluding tert-OH is 1. The molecular formula is C14H25NO5. The van der Waals surface area contributed by atoms with Gasteiger partial charge < -0.3 is 14.6 Å². The number of rotatable bonds is 2. The van der Waals surface area contributed by atoms with Gasteiger partial charge in [0.15, 0.2) is 0 Å². The molecule has 0 heterocycles. The zero-order chi connectivity index (χ0) is 15.8. The predicted octanol–water partition coefficient (Wildman–Crippen LogP) is 2.68. The van der Waals surface area contributed by atoms with Crippen molar-refractivity contribution in [3.05, 3.63) is 0 Å². The lowest BCUT2D eigenvalue weighted by Crippen LogP contribution is -2.51. The van der Waals surface area contributed by atoms with Crippen molar-refractivity contribution < 1.29 is 24.2 Å². The number of hydrogen-bond donors (Lipinski definition) is 1. The summed E-state index contributed by atoms with van der Waals surface area (Å²) in [4.78, 5) is 25.4. The lowest BCUT2D eigenvalue weighted by Gasteiger charge is -2.32. The van der Waals surface area contributed by atoms with Gasteiger partial charge in [-0.05, 0) is 54.4 Å². The van der Waals surface area contributed by atoms with Gasteiger partial charge in [-0.15, -0.1) is 0 Å². The first-order valence-corrected chi connectivity index (χ1v) is 6.77. The number of aliphatic hydroxyl groups is 1. The smallest absolute Gasteiger partial charge is 0.420 e. The molecule has 20 heavy (non-hydrogen) atoms. The van der Waals surface area contributed by atoms with Crippen LogP contribution < -0.4 is 0 Å². The van der Waals surface area contributed by atoms with E-state index < -0.39 is 28.9 Å². The lowest BCUT2D eigenvalue weighted by atomic mass is 10.2. The molecule has 2 amide bonds. The molecule has 1 saturated carbocycles. The van der Waals surface area contributed by atoms with Gasteiger partial charge in [0.2, 0.25) is 0 Å². The van der Waals surface area contributed by atoms with Crippen LogP contribution in [0.15, 0.2) is 0 Å². The highest BCUT2D eigenvalue weighted by atomic mass is 16.6. The van der Waals surface area contributed by atoms with Crippen LogP contribution in [0.4, 0.5) is 9.59 Å². The highest BCUT2D eigenvalue weighted by Crippen LogP contribution is 2.42. The van der Waals surface area contributed by atoms with E-state index in [4.69, 9.17) is 9.47 Å². The number of imide groups is 1. The fraction of sp³-hybridized carbons (Fsp3) is 0.857. The molecule has 1 rings (SSSR count). The molecule has 0 bridgehead atoms. The van der Waals surface area contributed by atoms with Gasteiger partial charge in [-0.3, -0.25) is 0 Å². The van der Waals surface area contributed by atoms with E-state index in [1.165, 1.54) is 0 Å². The van der Waals surface area contributed by atoms with Gasteiger partial charge in [0.1, 0.15) is 11.2 Å². The van der Waals surface area contributed by atoms with Crippen molar-refractivity contribution in [2.75, 3.05) is 6.61 Å². The summed E-state index contributed by atoms with van der Waals surface area (Å²) in [7, 11) is 0. The van der Waals surface area contributed by atoms with Gasteiger partial charge in [0, 0.05) is 0 Å². The predicted molar refractivity (Wildman–Crippen MR) is 73.4 cm³/mol. The molecule has 6 heteroatoms. The minimum atomic E-state index is -0.870. The van der Waals surface area contributed by atoms with Crippen LogP contribution in [0.2, 0.25) is 0 Å². The first-order valence-electron chi connectivity index (χ1n) is 6.77. The molecule has 0 aromatic rings. The molecule has 0 atom stereocenters. The van der Waals surface area contributed by atoms with Crippen molar-refractivity contribution in [2.24, 2.45) is 0 Å². The van der Waals surface area contributed by atoms with E-state index in [0.717, 1.165) is 4.90 Å². The highest BCUT2D eigenvalue weighted by Gasteiger charge is 2.55. The fourth-order valence-corrected chi connectivity index (χ4v) is 1.67. The third-order valence-electron chi connectivity index (χ3n) is 2.75. The van der Waals surface area contributed by atoms with E-state index in [1.807, 2.05) is 0 Å². The molecule has 0 saturated heterocycles. The third kappa shape index (κ3) is 4.37. The van der Waals surface area contributed by atoms with Crippen molar-refractivity contribution in [1.29, 1.82) is 0 Å².